The van der Waals surface area contributed by atoms with Crippen LogP contribution in [0, 0.1) is 0 Å². The fourth-order valence-electron chi connectivity index (χ4n) is 1.28. The molecule has 0 spiro atoms. The summed E-state index contributed by atoms with van der Waals surface area (Å²) < 4.78 is 0. The molecule has 8 atom stereocenters. The van der Waals surface area contributed by atoms with E-state index in [9.17, 15) is 14.4 Å². The summed E-state index contributed by atoms with van der Waals surface area (Å²) >= 11 is 0. The van der Waals surface area contributed by atoms with E-state index in [0.29, 0.717) is 0 Å². The molecular formula is C12H24CaO14. The molecule has 0 aliphatic carbocycles. The molecule has 15 heteroatoms. The topological polar surface area (TPSA) is 274 Å². The van der Waals surface area contributed by atoms with E-state index in [1.165, 1.54) is 0 Å². The molecule has 0 bridgehead atoms. The Balaban J connectivity index is -0.000000121. The molecule has 27 heavy (non-hydrogen) atoms. The average molecular weight is 432 g/mol. The maximum absolute atomic E-state index is 10.1. The summed E-state index contributed by atoms with van der Waals surface area (Å²) in [6.07, 6.45) is -16.1. The number of carboxylic acids is 2. The summed E-state index contributed by atoms with van der Waals surface area (Å²) in [7, 11) is 0. The van der Waals surface area contributed by atoms with Gasteiger partial charge in [-0.05, 0) is 0 Å². The zero-order valence-electron chi connectivity index (χ0n) is 15.8. The summed E-state index contributed by atoms with van der Waals surface area (Å²) in [5.74, 6) is -3.68. The van der Waals surface area contributed by atoms with Gasteiger partial charge in [-0.1, -0.05) is 0 Å². The minimum atomic E-state index is -2.36. The Kier molecular flexibility index (Phi) is 17.8. The van der Waals surface area contributed by atoms with Gasteiger partial charge in [0.25, 0.3) is 0 Å². The third kappa shape index (κ3) is 11.2. The quantitative estimate of drug-likeness (QED) is 0.113. The molecule has 14 nitrogen and oxygen atoms in total. The number of aldehydes is 1. The number of carboxylic acid groups (broad SMARTS) is 2. The Bertz CT molecular complexity index is 434. The third-order valence-corrected chi connectivity index (χ3v) is 2.92. The molecule has 0 aromatic heterocycles. The summed E-state index contributed by atoms with van der Waals surface area (Å²) in [4.78, 5) is 30.1. The van der Waals surface area contributed by atoms with Gasteiger partial charge in [-0.15, -0.1) is 0 Å². The van der Waals surface area contributed by atoms with E-state index < -0.39 is 67.4 Å². The standard InChI is InChI=1S/C6H10O8.C6H12O6.Ca.2H/c7-1(3(9)5(11)12)2(8)4(10)6(13)14;7-1-3(9)5(11)6(12)4(10)2-8;;;/h1-4,7-10H,(H,11,12)(H,13,14);1,3-6,8-12H,2H2;;;/q;;+2;2*-1. The molecular weight excluding hydrogens is 408 g/mol. The van der Waals surface area contributed by atoms with E-state index in [4.69, 9.17) is 56.2 Å². The van der Waals surface area contributed by atoms with Gasteiger partial charge in [-0.3, -0.25) is 0 Å². The normalized spacial score (nSPS) is 19.4. The molecule has 0 aliphatic rings. The molecule has 0 aromatic carbocycles. The second kappa shape index (κ2) is 15.4. The van der Waals surface area contributed by atoms with Gasteiger partial charge in [0.2, 0.25) is 0 Å². The predicted octanol–water partition coefficient (Wildman–Crippen LogP) is -6.94. The SMILES string of the molecule is O=C(O)C(O)C(O)C(O)C(O)C(=O)O.O=CC(O)C(O)C(O)C(O)CO.[Ca+2].[H-].[H-]. The van der Waals surface area contributed by atoms with Crippen molar-refractivity contribution in [1.29, 1.82) is 0 Å². The van der Waals surface area contributed by atoms with Crippen LogP contribution in [0.15, 0.2) is 0 Å². The summed E-state index contributed by atoms with van der Waals surface area (Å²) in [6, 6.07) is 0. The number of hydrogen-bond donors (Lipinski definition) is 11. The molecule has 0 saturated carbocycles. The molecule has 11 N–H and O–H groups in total. The number of rotatable bonds is 10. The van der Waals surface area contributed by atoms with Crippen molar-refractivity contribution in [2.24, 2.45) is 0 Å². The van der Waals surface area contributed by atoms with E-state index in [0.717, 1.165) is 0 Å². The fraction of sp³-hybridized carbons (Fsp3) is 0.750. The van der Waals surface area contributed by atoms with Gasteiger partial charge in [0.1, 0.15) is 36.6 Å². The Morgan fingerprint density at radius 2 is 1.07 bits per heavy atom. The molecule has 0 fully saturated rings. The summed E-state index contributed by atoms with van der Waals surface area (Å²) in [5.41, 5.74) is 0. The molecule has 0 saturated heterocycles. The Morgan fingerprint density at radius 1 is 0.741 bits per heavy atom. The number of aliphatic carboxylic acids is 2. The zero-order valence-corrected chi connectivity index (χ0v) is 16.0. The molecule has 0 radical (unpaired) electrons. The van der Waals surface area contributed by atoms with Crippen molar-refractivity contribution in [3.05, 3.63) is 0 Å². The van der Waals surface area contributed by atoms with Crippen molar-refractivity contribution >= 4 is 56.0 Å². The van der Waals surface area contributed by atoms with Crippen LogP contribution in [0.3, 0.4) is 0 Å². The summed E-state index contributed by atoms with van der Waals surface area (Å²) in [6.45, 7) is -0.760. The maximum Gasteiger partial charge on any atom is 2.00 e. The first kappa shape index (κ1) is 31.2. The van der Waals surface area contributed by atoms with Crippen LogP contribution < -0.4 is 0 Å². The number of carbonyl (C=O) groups excluding carboxylic acids is 1. The first-order chi connectivity index (χ1) is 11.8. The third-order valence-electron chi connectivity index (χ3n) is 2.92. The zero-order chi connectivity index (χ0) is 21.2. The van der Waals surface area contributed by atoms with Crippen LogP contribution in [0.1, 0.15) is 2.85 Å². The predicted molar refractivity (Wildman–Crippen MR) is 84.5 cm³/mol. The van der Waals surface area contributed by atoms with Gasteiger partial charge in [0.15, 0.2) is 18.5 Å². The van der Waals surface area contributed by atoms with E-state index in [2.05, 4.69) is 0 Å². The number of aliphatic hydroxyl groups is 9. The second-order valence-corrected chi connectivity index (χ2v) is 4.91. The van der Waals surface area contributed by atoms with E-state index in [-0.39, 0.29) is 46.9 Å². The molecule has 0 aliphatic heterocycles. The van der Waals surface area contributed by atoms with Gasteiger partial charge in [-0.2, -0.15) is 0 Å². The van der Waals surface area contributed by atoms with E-state index >= 15 is 0 Å². The van der Waals surface area contributed by atoms with Crippen LogP contribution in [0.4, 0.5) is 0 Å². The molecule has 0 amide bonds. The summed E-state index contributed by atoms with van der Waals surface area (Å²) in [5, 5.41) is 95.0. The van der Waals surface area contributed by atoms with E-state index in [1.54, 1.807) is 0 Å². The van der Waals surface area contributed by atoms with Crippen LogP contribution in [0.25, 0.3) is 0 Å². The largest absolute Gasteiger partial charge is 2.00 e. The molecule has 158 valence electrons. The minimum absolute atomic E-state index is 0. The second-order valence-electron chi connectivity index (χ2n) is 4.91. The van der Waals surface area contributed by atoms with Crippen molar-refractivity contribution in [3.8, 4) is 0 Å². The average Bonchev–Trinajstić information content (AvgIpc) is 2.62. The molecule has 0 aromatic rings. The molecule has 8 unspecified atom stereocenters. The van der Waals surface area contributed by atoms with Crippen LogP contribution in [0.2, 0.25) is 0 Å². The van der Waals surface area contributed by atoms with Crippen molar-refractivity contribution in [1.82, 2.24) is 0 Å². The van der Waals surface area contributed by atoms with Crippen LogP contribution in [0.5, 0.6) is 0 Å². The molecule has 0 rings (SSSR count). The van der Waals surface area contributed by atoms with Gasteiger partial charge >= 0.3 is 49.7 Å². The Hall–Kier alpha value is -0.490. The van der Waals surface area contributed by atoms with Crippen LogP contribution >= 0.6 is 0 Å². The maximum atomic E-state index is 10.1. The van der Waals surface area contributed by atoms with Crippen molar-refractivity contribution in [3.63, 3.8) is 0 Å². The fourth-order valence-corrected chi connectivity index (χ4v) is 1.28. The van der Waals surface area contributed by atoms with Crippen molar-refractivity contribution in [2.45, 2.75) is 48.8 Å². The van der Waals surface area contributed by atoms with Crippen LogP contribution in [-0.4, -0.2) is 168 Å². The Morgan fingerprint density at radius 3 is 1.30 bits per heavy atom. The number of aliphatic hydroxyl groups excluding tert-OH is 9. The minimum Gasteiger partial charge on any atom is -1.00 e. The van der Waals surface area contributed by atoms with Gasteiger partial charge in [0, 0.05) is 0 Å². The van der Waals surface area contributed by atoms with Crippen LogP contribution in [-0.2, 0) is 14.4 Å². The number of carbonyl (C=O) groups is 3. The van der Waals surface area contributed by atoms with Crippen molar-refractivity contribution < 1.29 is 73.4 Å². The smallest absolute Gasteiger partial charge is 1.00 e. The van der Waals surface area contributed by atoms with E-state index in [1.807, 2.05) is 0 Å². The monoisotopic (exact) mass is 432 g/mol. The van der Waals surface area contributed by atoms with Gasteiger partial charge in [0.05, 0.1) is 6.61 Å². The number of hydrogen-bond acceptors (Lipinski definition) is 12. The first-order valence-corrected chi connectivity index (χ1v) is 6.79. The Labute approximate surface area is 184 Å². The van der Waals surface area contributed by atoms with Crippen molar-refractivity contribution in [2.75, 3.05) is 6.61 Å². The first-order valence-electron chi connectivity index (χ1n) is 6.79. The van der Waals surface area contributed by atoms with Gasteiger partial charge < -0.3 is 63.8 Å². The van der Waals surface area contributed by atoms with Gasteiger partial charge in [-0.25, -0.2) is 9.59 Å². The molecule has 0 heterocycles.